The Morgan fingerprint density at radius 1 is 1.40 bits per heavy atom. The van der Waals surface area contributed by atoms with E-state index >= 15 is 0 Å². The third-order valence-electron chi connectivity index (χ3n) is 2.56. The zero-order valence-corrected chi connectivity index (χ0v) is 11.9. The number of rotatable bonds is 5. The van der Waals surface area contributed by atoms with Crippen molar-refractivity contribution in [3.05, 3.63) is 50.3 Å². The summed E-state index contributed by atoms with van der Waals surface area (Å²) in [5.74, 6) is -0.661. The molecule has 108 valence electrons. The highest BCUT2D eigenvalue weighted by Gasteiger charge is 2.18. The number of nitrogens with two attached hydrogens (primary N) is 1. The van der Waals surface area contributed by atoms with Gasteiger partial charge < -0.3 is 10.7 Å². The summed E-state index contributed by atoms with van der Waals surface area (Å²) < 4.78 is 39.7. The van der Waals surface area contributed by atoms with Gasteiger partial charge in [-0.1, -0.05) is 17.4 Å². The third-order valence-corrected chi connectivity index (χ3v) is 4.76. The van der Waals surface area contributed by atoms with Crippen LogP contribution in [0.5, 0.6) is 0 Å². The number of thiazole rings is 1. The van der Waals surface area contributed by atoms with Crippen molar-refractivity contribution >= 4 is 21.4 Å². The maximum atomic E-state index is 13.2. The fourth-order valence-corrected chi connectivity index (χ4v) is 3.45. The van der Waals surface area contributed by atoms with Crippen LogP contribution in [0.25, 0.3) is 0 Å². The van der Waals surface area contributed by atoms with E-state index in [1.807, 2.05) is 0 Å². The SMILES string of the molecule is NCc1ccc(F)cc1S(=O)(=O)NCc1csc(=O)[nH]1. The maximum Gasteiger partial charge on any atom is 0.304 e. The van der Waals surface area contributed by atoms with Crippen molar-refractivity contribution in [2.75, 3.05) is 0 Å². The van der Waals surface area contributed by atoms with Gasteiger partial charge >= 0.3 is 4.87 Å². The number of aromatic nitrogens is 1. The molecule has 0 saturated carbocycles. The summed E-state index contributed by atoms with van der Waals surface area (Å²) in [6.45, 7) is -0.104. The highest BCUT2D eigenvalue weighted by atomic mass is 32.2. The summed E-state index contributed by atoms with van der Waals surface area (Å²) in [7, 11) is -3.90. The van der Waals surface area contributed by atoms with Crippen LogP contribution >= 0.6 is 11.3 Å². The average Bonchev–Trinajstić information content (AvgIpc) is 2.82. The quantitative estimate of drug-likeness (QED) is 0.747. The van der Waals surface area contributed by atoms with Gasteiger partial charge in [0.15, 0.2) is 0 Å². The zero-order chi connectivity index (χ0) is 14.8. The fraction of sp³-hybridized carbons (Fsp3) is 0.182. The first-order valence-electron chi connectivity index (χ1n) is 5.57. The molecule has 0 unspecified atom stereocenters. The van der Waals surface area contributed by atoms with Gasteiger partial charge in [-0.15, -0.1) is 0 Å². The van der Waals surface area contributed by atoms with Gasteiger partial charge in [0.1, 0.15) is 5.82 Å². The third kappa shape index (κ3) is 3.31. The molecule has 0 aliphatic carbocycles. The Bertz CT molecular complexity index is 767. The van der Waals surface area contributed by atoms with Gasteiger partial charge in [-0.3, -0.25) is 4.79 Å². The van der Waals surface area contributed by atoms with Crippen molar-refractivity contribution in [1.82, 2.24) is 9.71 Å². The van der Waals surface area contributed by atoms with Gasteiger partial charge in [0.2, 0.25) is 10.0 Å². The van der Waals surface area contributed by atoms with Gasteiger partial charge in [-0.05, 0) is 17.7 Å². The van der Waals surface area contributed by atoms with Gasteiger partial charge in [-0.2, -0.15) is 0 Å². The minimum atomic E-state index is -3.90. The molecule has 2 rings (SSSR count). The predicted octanol–water partition coefficient (Wildman–Crippen LogP) is 0.513. The lowest BCUT2D eigenvalue weighted by Crippen LogP contribution is -2.25. The molecule has 0 fully saturated rings. The first-order chi connectivity index (χ1) is 9.42. The number of H-pyrrole nitrogens is 1. The van der Waals surface area contributed by atoms with Crippen molar-refractivity contribution < 1.29 is 12.8 Å². The summed E-state index contributed by atoms with van der Waals surface area (Å²) in [4.78, 5) is 13.0. The first-order valence-corrected chi connectivity index (χ1v) is 7.93. The van der Waals surface area contributed by atoms with Crippen LogP contribution in [0, 0.1) is 5.82 Å². The number of nitrogens with one attached hydrogen (secondary N) is 2. The second-order valence-electron chi connectivity index (χ2n) is 3.95. The molecule has 1 aromatic carbocycles. The second kappa shape index (κ2) is 5.83. The van der Waals surface area contributed by atoms with E-state index in [2.05, 4.69) is 9.71 Å². The molecule has 0 saturated heterocycles. The molecule has 1 heterocycles. The average molecular weight is 317 g/mol. The fourth-order valence-electron chi connectivity index (χ4n) is 1.60. The van der Waals surface area contributed by atoms with Crippen LogP contribution in [0.2, 0.25) is 0 Å². The van der Waals surface area contributed by atoms with E-state index in [1.54, 1.807) is 0 Å². The minimum absolute atomic E-state index is 0.0220. The van der Waals surface area contributed by atoms with Crippen molar-refractivity contribution in [2.45, 2.75) is 18.0 Å². The van der Waals surface area contributed by atoms with Crippen molar-refractivity contribution in [1.29, 1.82) is 0 Å². The number of sulfonamides is 1. The predicted molar refractivity (Wildman–Crippen MR) is 73.3 cm³/mol. The molecule has 9 heteroatoms. The lowest BCUT2D eigenvalue weighted by Gasteiger charge is -2.10. The molecule has 1 aromatic heterocycles. The van der Waals surface area contributed by atoms with E-state index in [4.69, 9.17) is 5.73 Å². The molecule has 0 radical (unpaired) electrons. The van der Waals surface area contributed by atoms with Crippen molar-refractivity contribution in [3.8, 4) is 0 Å². The molecule has 2 aromatic rings. The maximum absolute atomic E-state index is 13.2. The number of halogens is 1. The summed E-state index contributed by atoms with van der Waals surface area (Å²) in [5, 5.41) is 1.51. The largest absolute Gasteiger partial charge is 0.326 e. The van der Waals surface area contributed by atoms with Crippen molar-refractivity contribution in [2.24, 2.45) is 5.73 Å². The number of hydrogen-bond acceptors (Lipinski definition) is 5. The Kier molecular flexibility index (Phi) is 4.33. The molecule has 0 amide bonds. The Morgan fingerprint density at radius 2 is 2.15 bits per heavy atom. The van der Waals surface area contributed by atoms with E-state index in [-0.39, 0.29) is 22.9 Å². The van der Waals surface area contributed by atoms with E-state index in [1.165, 1.54) is 11.4 Å². The van der Waals surface area contributed by atoms with Gasteiger partial charge in [0.25, 0.3) is 0 Å². The minimum Gasteiger partial charge on any atom is -0.326 e. The highest BCUT2D eigenvalue weighted by Crippen LogP contribution is 2.17. The van der Waals surface area contributed by atoms with E-state index < -0.39 is 15.8 Å². The lowest BCUT2D eigenvalue weighted by molar-refractivity contribution is 0.575. The summed E-state index contributed by atoms with van der Waals surface area (Å²) in [6.07, 6.45) is 0. The smallest absolute Gasteiger partial charge is 0.304 e. The van der Waals surface area contributed by atoms with E-state index in [0.717, 1.165) is 23.5 Å². The lowest BCUT2D eigenvalue weighted by atomic mass is 10.2. The molecular formula is C11H12FN3O3S2. The second-order valence-corrected chi connectivity index (χ2v) is 6.53. The summed E-state index contributed by atoms with van der Waals surface area (Å²) >= 11 is 0.935. The Labute approximate surface area is 118 Å². The van der Waals surface area contributed by atoms with E-state index in [0.29, 0.717) is 11.3 Å². The van der Waals surface area contributed by atoms with Crippen LogP contribution in [0.4, 0.5) is 4.39 Å². The summed E-state index contributed by atoms with van der Waals surface area (Å²) in [6, 6.07) is 3.40. The van der Waals surface area contributed by atoms with Crippen LogP contribution in [-0.4, -0.2) is 13.4 Å². The first kappa shape index (κ1) is 14.9. The molecule has 6 nitrogen and oxygen atoms in total. The molecule has 20 heavy (non-hydrogen) atoms. The number of benzene rings is 1. The monoisotopic (exact) mass is 317 g/mol. The van der Waals surface area contributed by atoms with E-state index in [9.17, 15) is 17.6 Å². The Hall–Kier alpha value is -1.55. The molecule has 4 N–H and O–H groups in total. The van der Waals surface area contributed by atoms with Gasteiger partial charge in [0, 0.05) is 17.6 Å². The van der Waals surface area contributed by atoms with Gasteiger partial charge in [-0.25, -0.2) is 17.5 Å². The van der Waals surface area contributed by atoms with Crippen LogP contribution in [-0.2, 0) is 23.1 Å². The van der Waals surface area contributed by atoms with Crippen LogP contribution in [0.1, 0.15) is 11.3 Å². The zero-order valence-electron chi connectivity index (χ0n) is 10.2. The topological polar surface area (TPSA) is 105 Å². The van der Waals surface area contributed by atoms with Crippen LogP contribution < -0.4 is 15.3 Å². The van der Waals surface area contributed by atoms with Crippen molar-refractivity contribution in [3.63, 3.8) is 0 Å². The molecule has 0 aliphatic rings. The normalized spacial score (nSPS) is 11.7. The molecule has 0 atom stereocenters. The molecule has 0 spiro atoms. The van der Waals surface area contributed by atoms with Crippen LogP contribution in [0.3, 0.4) is 0 Å². The molecule has 0 bridgehead atoms. The highest BCUT2D eigenvalue weighted by molar-refractivity contribution is 7.89. The number of hydrogen-bond donors (Lipinski definition) is 3. The number of aromatic amines is 1. The molecule has 0 aliphatic heterocycles. The van der Waals surface area contributed by atoms with Crippen LogP contribution in [0.15, 0.2) is 33.3 Å². The standard InChI is InChI=1S/C11H12FN3O3S2/c12-8-2-1-7(4-13)10(3-8)20(17,18)14-5-9-6-19-11(16)15-9/h1-3,6,14H,4-5,13H2,(H,15,16). The molecular weight excluding hydrogens is 305 g/mol. The Balaban J connectivity index is 2.26. The Morgan fingerprint density at radius 3 is 2.75 bits per heavy atom. The van der Waals surface area contributed by atoms with Gasteiger partial charge in [0.05, 0.1) is 11.4 Å². The summed E-state index contributed by atoms with van der Waals surface area (Å²) in [5.41, 5.74) is 6.20.